The van der Waals surface area contributed by atoms with E-state index in [1.54, 1.807) is 24.3 Å². The maximum absolute atomic E-state index is 11.6. The van der Waals surface area contributed by atoms with Gasteiger partial charge in [-0.3, -0.25) is 0 Å². The standard InChI is InChI=1S/C16H23N3O4/c1-15(2,3)22-10-16(4,5)23-12-8-6-11(7-9-12)19-13(20)17-18-14(19)21/h6-9H,10H2,1-5H3,(H,17,20)(H,18,21). The van der Waals surface area contributed by atoms with Crippen molar-refractivity contribution < 1.29 is 9.47 Å². The van der Waals surface area contributed by atoms with Crippen molar-refractivity contribution in [1.82, 2.24) is 14.8 Å². The fraction of sp³-hybridized carbons (Fsp3) is 0.500. The fourth-order valence-corrected chi connectivity index (χ4v) is 1.95. The SMILES string of the molecule is CC(C)(C)OCC(C)(C)Oc1ccc(-n2c(=O)[nH][nH]c2=O)cc1. The Morgan fingerprint density at radius 3 is 1.96 bits per heavy atom. The zero-order valence-electron chi connectivity index (χ0n) is 14.1. The molecule has 2 N–H and O–H groups in total. The molecule has 0 aliphatic rings. The first-order valence-corrected chi connectivity index (χ1v) is 7.41. The van der Waals surface area contributed by atoms with Crippen LogP contribution < -0.4 is 16.1 Å². The van der Waals surface area contributed by atoms with Gasteiger partial charge in [-0.05, 0) is 58.9 Å². The fourth-order valence-electron chi connectivity index (χ4n) is 1.95. The third-order valence-corrected chi connectivity index (χ3v) is 3.02. The molecule has 1 aromatic heterocycles. The van der Waals surface area contributed by atoms with Gasteiger partial charge in [-0.25, -0.2) is 24.4 Å². The van der Waals surface area contributed by atoms with Crippen LogP contribution in [0.4, 0.5) is 0 Å². The summed E-state index contributed by atoms with van der Waals surface area (Å²) in [5.41, 5.74) is -1.29. The van der Waals surface area contributed by atoms with Crippen LogP contribution >= 0.6 is 0 Å². The van der Waals surface area contributed by atoms with Crippen LogP contribution in [-0.4, -0.2) is 32.6 Å². The summed E-state index contributed by atoms with van der Waals surface area (Å²) in [4.78, 5) is 23.1. The molecule has 0 aliphatic carbocycles. The summed E-state index contributed by atoms with van der Waals surface area (Å²) < 4.78 is 12.7. The number of nitrogens with zero attached hydrogens (tertiary/aromatic N) is 1. The Morgan fingerprint density at radius 1 is 0.957 bits per heavy atom. The number of ether oxygens (including phenoxy) is 2. The largest absolute Gasteiger partial charge is 0.485 e. The Hall–Kier alpha value is -2.28. The number of aromatic nitrogens is 3. The van der Waals surface area contributed by atoms with Gasteiger partial charge in [0.1, 0.15) is 11.4 Å². The van der Waals surface area contributed by atoms with E-state index in [0.717, 1.165) is 4.57 Å². The van der Waals surface area contributed by atoms with E-state index in [-0.39, 0.29) is 5.60 Å². The number of hydrogen-bond donors (Lipinski definition) is 2. The summed E-state index contributed by atoms with van der Waals surface area (Å²) in [6.07, 6.45) is 0. The molecule has 0 radical (unpaired) electrons. The Balaban J connectivity index is 2.11. The quantitative estimate of drug-likeness (QED) is 0.879. The number of benzene rings is 1. The van der Waals surface area contributed by atoms with Crippen molar-refractivity contribution in [2.24, 2.45) is 0 Å². The van der Waals surface area contributed by atoms with Crippen LogP contribution in [0.2, 0.25) is 0 Å². The lowest BCUT2D eigenvalue weighted by molar-refractivity contribution is -0.0722. The van der Waals surface area contributed by atoms with Gasteiger partial charge in [0.2, 0.25) is 0 Å². The number of H-pyrrole nitrogens is 2. The first-order valence-electron chi connectivity index (χ1n) is 7.41. The molecule has 126 valence electrons. The summed E-state index contributed by atoms with van der Waals surface area (Å²) in [6.45, 7) is 10.3. The number of rotatable bonds is 5. The van der Waals surface area contributed by atoms with Crippen LogP contribution in [0.3, 0.4) is 0 Å². The molecule has 7 nitrogen and oxygen atoms in total. The summed E-state index contributed by atoms with van der Waals surface area (Å²) in [7, 11) is 0. The monoisotopic (exact) mass is 321 g/mol. The normalized spacial score (nSPS) is 12.4. The molecular weight excluding hydrogens is 298 g/mol. The van der Waals surface area contributed by atoms with E-state index in [9.17, 15) is 9.59 Å². The molecule has 2 rings (SSSR count). The van der Waals surface area contributed by atoms with Crippen LogP contribution in [0, 0.1) is 0 Å². The van der Waals surface area contributed by atoms with Gasteiger partial charge >= 0.3 is 11.4 Å². The maximum Gasteiger partial charge on any atom is 0.348 e. The first kappa shape index (κ1) is 17.1. The van der Waals surface area contributed by atoms with Crippen molar-refractivity contribution in [1.29, 1.82) is 0 Å². The van der Waals surface area contributed by atoms with Gasteiger partial charge in [0, 0.05) is 0 Å². The lowest BCUT2D eigenvalue weighted by Crippen LogP contribution is -2.37. The maximum atomic E-state index is 11.6. The molecule has 1 heterocycles. The highest BCUT2D eigenvalue weighted by Gasteiger charge is 2.24. The van der Waals surface area contributed by atoms with Gasteiger partial charge in [-0.2, -0.15) is 0 Å². The molecule has 2 aromatic rings. The molecule has 0 atom stereocenters. The molecule has 0 saturated heterocycles. The Labute approximate surface area is 134 Å². The molecule has 0 aliphatic heterocycles. The van der Waals surface area contributed by atoms with E-state index in [0.29, 0.717) is 18.0 Å². The third-order valence-electron chi connectivity index (χ3n) is 3.02. The molecule has 0 bridgehead atoms. The molecule has 0 amide bonds. The minimum Gasteiger partial charge on any atom is -0.485 e. The highest BCUT2D eigenvalue weighted by atomic mass is 16.6. The van der Waals surface area contributed by atoms with Gasteiger partial charge < -0.3 is 9.47 Å². The molecule has 0 spiro atoms. The van der Waals surface area contributed by atoms with Crippen molar-refractivity contribution in [3.63, 3.8) is 0 Å². The van der Waals surface area contributed by atoms with Crippen LogP contribution in [0.5, 0.6) is 5.75 Å². The predicted molar refractivity (Wildman–Crippen MR) is 87.4 cm³/mol. The summed E-state index contributed by atoms with van der Waals surface area (Å²) in [6, 6.07) is 6.74. The average molecular weight is 321 g/mol. The molecule has 0 saturated carbocycles. The van der Waals surface area contributed by atoms with Gasteiger partial charge in [0.25, 0.3) is 0 Å². The van der Waals surface area contributed by atoms with E-state index >= 15 is 0 Å². The van der Waals surface area contributed by atoms with Gasteiger partial charge in [-0.15, -0.1) is 0 Å². The zero-order valence-corrected chi connectivity index (χ0v) is 14.1. The van der Waals surface area contributed by atoms with Crippen molar-refractivity contribution >= 4 is 0 Å². The predicted octanol–water partition coefficient (Wildman–Crippen LogP) is 1.83. The second-order valence-electron chi connectivity index (χ2n) is 6.95. The van der Waals surface area contributed by atoms with Crippen molar-refractivity contribution in [3.05, 3.63) is 45.2 Å². The lowest BCUT2D eigenvalue weighted by Gasteiger charge is -2.30. The molecule has 23 heavy (non-hydrogen) atoms. The average Bonchev–Trinajstić information content (AvgIpc) is 2.76. The van der Waals surface area contributed by atoms with E-state index in [1.165, 1.54) is 0 Å². The minimum absolute atomic E-state index is 0.235. The highest BCUT2D eigenvalue weighted by Crippen LogP contribution is 2.21. The summed E-state index contributed by atoms with van der Waals surface area (Å²) >= 11 is 0. The van der Waals surface area contributed by atoms with Gasteiger partial charge in [-0.1, -0.05) is 0 Å². The van der Waals surface area contributed by atoms with E-state index in [1.807, 2.05) is 34.6 Å². The van der Waals surface area contributed by atoms with Crippen molar-refractivity contribution in [2.75, 3.05) is 6.61 Å². The van der Waals surface area contributed by atoms with E-state index in [2.05, 4.69) is 10.2 Å². The Morgan fingerprint density at radius 2 is 1.48 bits per heavy atom. The molecule has 0 fully saturated rings. The van der Waals surface area contributed by atoms with Crippen molar-refractivity contribution in [2.45, 2.75) is 45.8 Å². The molecular formula is C16H23N3O4. The number of nitrogens with one attached hydrogen (secondary N) is 2. The zero-order chi connectivity index (χ0) is 17.3. The van der Waals surface area contributed by atoms with Crippen LogP contribution in [0.15, 0.2) is 33.9 Å². The Kier molecular flexibility index (Phi) is 4.51. The van der Waals surface area contributed by atoms with Crippen LogP contribution in [-0.2, 0) is 4.74 Å². The summed E-state index contributed by atoms with van der Waals surface area (Å²) in [5.74, 6) is 0.635. The first-order chi connectivity index (χ1) is 10.6. The lowest BCUT2D eigenvalue weighted by atomic mass is 10.1. The highest BCUT2D eigenvalue weighted by molar-refractivity contribution is 5.37. The van der Waals surface area contributed by atoms with E-state index < -0.39 is 17.0 Å². The van der Waals surface area contributed by atoms with Crippen molar-refractivity contribution in [3.8, 4) is 11.4 Å². The number of hydrogen-bond acceptors (Lipinski definition) is 4. The van der Waals surface area contributed by atoms with Gasteiger partial charge in [0.05, 0.1) is 17.9 Å². The molecule has 1 aromatic carbocycles. The van der Waals surface area contributed by atoms with Crippen LogP contribution in [0.25, 0.3) is 5.69 Å². The topological polar surface area (TPSA) is 89.1 Å². The second kappa shape index (κ2) is 6.08. The molecule has 0 unspecified atom stereocenters. The van der Waals surface area contributed by atoms with Gasteiger partial charge in [0.15, 0.2) is 0 Å². The molecule has 7 heteroatoms. The van der Waals surface area contributed by atoms with E-state index in [4.69, 9.17) is 9.47 Å². The van der Waals surface area contributed by atoms with Crippen LogP contribution in [0.1, 0.15) is 34.6 Å². The Bertz CT molecular complexity index is 733. The minimum atomic E-state index is -0.512. The third kappa shape index (κ3) is 4.59. The number of aromatic amines is 2. The smallest absolute Gasteiger partial charge is 0.348 e. The summed E-state index contributed by atoms with van der Waals surface area (Å²) in [5, 5.41) is 4.48. The second-order valence-corrected chi connectivity index (χ2v) is 6.95.